The Morgan fingerprint density at radius 1 is 0.957 bits per heavy atom. The monoisotopic (exact) mass is 323 g/mol. The molecule has 0 aliphatic heterocycles. The SMILES string of the molecule is CCCSc1nnc(-c2ccccc2)n1-c1ccc(C)c(C)c1. The number of thioether (sulfide) groups is 1. The van der Waals surface area contributed by atoms with Gasteiger partial charge in [0.1, 0.15) is 0 Å². The summed E-state index contributed by atoms with van der Waals surface area (Å²) < 4.78 is 2.17. The van der Waals surface area contributed by atoms with E-state index in [1.807, 2.05) is 18.2 Å². The Morgan fingerprint density at radius 2 is 1.74 bits per heavy atom. The van der Waals surface area contributed by atoms with Crippen molar-refractivity contribution in [1.29, 1.82) is 0 Å². The van der Waals surface area contributed by atoms with E-state index >= 15 is 0 Å². The van der Waals surface area contributed by atoms with Gasteiger partial charge in [0, 0.05) is 11.3 Å². The average Bonchev–Trinajstić information content (AvgIpc) is 3.00. The first-order valence-electron chi connectivity index (χ1n) is 7.92. The quantitative estimate of drug-likeness (QED) is 0.615. The van der Waals surface area contributed by atoms with Gasteiger partial charge in [-0.1, -0.05) is 55.1 Å². The van der Waals surface area contributed by atoms with Crippen molar-refractivity contribution >= 4 is 11.8 Å². The average molecular weight is 323 g/mol. The van der Waals surface area contributed by atoms with Gasteiger partial charge < -0.3 is 0 Å². The largest absolute Gasteiger partial charge is 0.270 e. The molecule has 118 valence electrons. The highest BCUT2D eigenvalue weighted by Crippen LogP contribution is 2.28. The molecule has 0 atom stereocenters. The first kappa shape index (κ1) is 15.8. The van der Waals surface area contributed by atoms with Crippen molar-refractivity contribution in [3.05, 3.63) is 59.7 Å². The van der Waals surface area contributed by atoms with Crippen LogP contribution in [0, 0.1) is 13.8 Å². The van der Waals surface area contributed by atoms with E-state index in [1.165, 1.54) is 11.1 Å². The molecule has 2 aromatic carbocycles. The summed E-state index contributed by atoms with van der Waals surface area (Å²) in [4.78, 5) is 0. The molecule has 0 aliphatic carbocycles. The van der Waals surface area contributed by atoms with Gasteiger partial charge in [0.15, 0.2) is 11.0 Å². The normalized spacial score (nSPS) is 10.9. The molecule has 0 bridgehead atoms. The first-order valence-corrected chi connectivity index (χ1v) is 8.90. The van der Waals surface area contributed by atoms with E-state index in [0.29, 0.717) is 0 Å². The van der Waals surface area contributed by atoms with Crippen LogP contribution in [0.15, 0.2) is 53.7 Å². The fraction of sp³-hybridized carbons (Fsp3) is 0.263. The fourth-order valence-electron chi connectivity index (χ4n) is 2.43. The van der Waals surface area contributed by atoms with Gasteiger partial charge in [0.05, 0.1) is 5.69 Å². The Balaban J connectivity index is 2.14. The van der Waals surface area contributed by atoms with Crippen molar-refractivity contribution in [2.75, 3.05) is 5.75 Å². The molecule has 0 unspecified atom stereocenters. The third-order valence-corrected chi connectivity index (χ3v) is 4.98. The van der Waals surface area contributed by atoms with Gasteiger partial charge in [0.25, 0.3) is 0 Å². The molecule has 3 aromatic rings. The molecule has 1 aromatic heterocycles. The number of hydrogen-bond donors (Lipinski definition) is 0. The number of hydrogen-bond acceptors (Lipinski definition) is 3. The van der Waals surface area contributed by atoms with E-state index in [0.717, 1.165) is 34.4 Å². The maximum atomic E-state index is 4.46. The second-order valence-electron chi connectivity index (χ2n) is 5.62. The van der Waals surface area contributed by atoms with Gasteiger partial charge in [-0.25, -0.2) is 0 Å². The van der Waals surface area contributed by atoms with Gasteiger partial charge in [-0.15, -0.1) is 10.2 Å². The summed E-state index contributed by atoms with van der Waals surface area (Å²) in [6.45, 7) is 6.46. The van der Waals surface area contributed by atoms with Crippen molar-refractivity contribution in [1.82, 2.24) is 14.8 Å². The summed E-state index contributed by atoms with van der Waals surface area (Å²) in [7, 11) is 0. The minimum absolute atomic E-state index is 0.896. The molecule has 0 radical (unpaired) electrons. The van der Waals surface area contributed by atoms with Crippen molar-refractivity contribution in [3.63, 3.8) is 0 Å². The molecule has 1 heterocycles. The van der Waals surface area contributed by atoms with Crippen LogP contribution < -0.4 is 0 Å². The van der Waals surface area contributed by atoms with E-state index < -0.39 is 0 Å². The zero-order valence-electron chi connectivity index (χ0n) is 13.8. The molecule has 0 fully saturated rings. The number of aryl methyl sites for hydroxylation is 2. The van der Waals surface area contributed by atoms with E-state index in [-0.39, 0.29) is 0 Å². The van der Waals surface area contributed by atoms with Gasteiger partial charge in [0.2, 0.25) is 0 Å². The first-order chi connectivity index (χ1) is 11.2. The highest BCUT2D eigenvalue weighted by atomic mass is 32.2. The van der Waals surface area contributed by atoms with Crippen molar-refractivity contribution in [3.8, 4) is 17.1 Å². The predicted octanol–water partition coefficient (Wildman–Crippen LogP) is 5.05. The predicted molar refractivity (Wildman–Crippen MR) is 97.3 cm³/mol. The van der Waals surface area contributed by atoms with E-state index in [1.54, 1.807) is 11.8 Å². The van der Waals surface area contributed by atoms with Crippen molar-refractivity contribution in [2.45, 2.75) is 32.3 Å². The number of benzene rings is 2. The Bertz CT molecular complexity index is 794. The second-order valence-corrected chi connectivity index (χ2v) is 6.69. The fourth-order valence-corrected chi connectivity index (χ4v) is 3.23. The molecule has 0 saturated heterocycles. The summed E-state index contributed by atoms with van der Waals surface area (Å²) >= 11 is 1.76. The van der Waals surface area contributed by atoms with Crippen LogP contribution in [0.25, 0.3) is 17.1 Å². The van der Waals surface area contributed by atoms with Crippen LogP contribution in [0.2, 0.25) is 0 Å². The highest BCUT2D eigenvalue weighted by Gasteiger charge is 2.16. The van der Waals surface area contributed by atoms with E-state index in [2.05, 4.69) is 65.9 Å². The van der Waals surface area contributed by atoms with Crippen LogP contribution >= 0.6 is 11.8 Å². The van der Waals surface area contributed by atoms with Crippen LogP contribution in [0.5, 0.6) is 0 Å². The van der Waals surface area contributed by atoms with Crippen molar-refractivity contribution in [2.24, 2.45) is 0 Å². The van der Waals surface area contributed by atoms with Gasteiger partial charge in [-0.2, -0.15) is 0 Å². The highest BCUT2D eigenvalue weighted by molar-refractivity contribution is 7.99. The van der Waals surface area contributed by atoms with Crippen LogP contribution in [0.3, 0.4) is 0 Å². The molecule has 0 saturated carbocycles. The lowest BCUT2D eigenvalue weighted by molar-refractivity contribution is 0.882. The molecule has 23 heavy (non-hydrogen) atoms. The molecule has 0 aliphatic rings. The molecular weight excluding hydrogens is 302 g/mol. The molecule has 3 rings (SSSR count). The Hall–Kier alpha value is -2.07. The standard InChI is InChI=1S/C19H21N3S/c1-4-12-23-19-21-20-18(16-8-6-5-7-9-16)22(19)17-11-10-14(2)15(3)13-17/h5-11,13H,4,12H2,1-3H3. The van der Waals surface area contributed by atoms with Crippen LogP contribution in [0.1, 0.15) is 24.5 Å². The summed E-state index contributed by atoms with van der Waals surface area (Å²) in [6, 6.07) is 16.8. The summed E-state index contributed by atoms with van der Waals surface area (Å²) in [5.41, 5.74) is 4.78. The Kier molecular flexibility index (Phi) is 4.82. The maximum Gasteiger partial charge on any atom is 0.196 e. The molecule has 4 heteroatoms. The zero-order valence-corrected chi connectivity index (χ0v) is 14.6. The molecule has 0 N–H and O–H groups in total. The van der Waals surface area contributed by atoms with Crippen LogP contribution in [0.4, 0.5) is 0 Å². The summed E-state index contributed by atoms with van der Waals surface area (Å²) in [5, 5.41) is 9.85. The van der Waals surface area contributed by atoms with Crippen molar-refractivity contribution < 1.29 is 0 Å². The third-order valence-electron chi connectivity index (χ3n) is 3.85. The minimum Gasteiger partial charge on any atom is -0.270 e. The zero-order chi connectivity index (χ0) is 16.2. The summed E-state index contributed by atoms with van der Waals surface area (Å²) in [5.74, 6) is 1.94. The van der Waals surface area contributed by atoms with Gasteiger partial charge in [-0.05, 0) is 43.5 Å². The van der Waals surface area contributed by atoms with Gasteiger partial charge >= 0.3 is 0 Å². The van der Waals surface area contributed by atoms with E-state index in [4.69, 9.17) is 0 Å². The molecule has 0 spiro atoms. The molecule has 3 nitrogen and oxygen atoms in total. The number of aromatic nitrogens is 3. The lowest BCUT2D eigenvalue weighted by Crippen LogP contribution is -2.01. The smallest absolute Gasteiger partial charge is 0.196 e. The van der Waals surface area contributed by atoms with Crippen LogP contribution in [-0.2, 0) is 0 Å². The van der Waals surface area contributed by atoms with Crippen LogP contribution in [-0.4, -0.2) is 20.5 Å². The third kappa shape index (κ3) is 3.32. The lowest BCUT2D eigenvalue weighted by atomic mass is 10.1. The maximum absolute atomic E-state index is 4.46. The summed E-state index contributed by atoms with van der Waals surface area (Å²) in [6.07, 6.45) is 1.12. The minimum atomic E-state index is 0.896. The Labute approximate surface area is 141 Å². The lowest BCUT2D eigenvalue weighted by Gasteiger charge is -2.12. The van der Waals surface area contributed by atoms with E-state index in [9.17, 15) is 0 Å². The second kappa shape index (κ2) is 7.01. The number of nitrogens with zero attached hydrogens (tertiary/aromatic N) is 3. The Morgan fingerprint density at radius 3 is 2.43 bits per heavy atom. The molecular formula is C19H21N3S. The van der Waals surface area contributed by atoms with Gasteiger partial charge in [-0.3, -0.25) is 4.57 Å². The topological polar surface area (TPSA) is 30.7 Å². The molecule has 0 amide bonds. The number of rotatable bonds is 5.